The van der Waals surface area contributed by atoms with Crippen LogP contribution in [0.1, 0.15) is 17.0 Å². The molecule has 2 N–H and O–H groups in total. The number of aryl methyl sites for hydroxylation is 1. The topological polar surface area (TPSA) is 77.4 Å². The van der Waals surface area contributed by atoms with Gasteiger partial charge in [0.15, 0.2) is 0 Å². The zero-order chi connectivity index (χ0) is 11.4. The van der Waals surface area contributed by atoms with E-state index in [-0.39, 0.29) is 0 Å². The highest BCUT2D eigenvalue weighted by atomic mass is 15.1. The second kappa shape index (κ2) is 4.45. The van der Waals surface area contributed by atoms with Crippen LogP contribution in [0.5, 0.6) is 0 Å². The van der Waals surface area contributed by atoms with Crippen molar-refractivity contribution in [1.29, 1.82) is 5.26 Å². The van der Waals surface area contributed by atoms with Crippen molar-refractivity contribution in [3.63, 3.8) is 0 Å². The molecule has 0 atom stereocenters. The van der Waals surface area contributed by atoms with Gasteiger partial charge in [0, 0.05) is 29.7 Å². The predicted octanol–water partition coefficient (Wildman–Crippen LogP) is 1.60. The summed E-state index contributed by atoms with van der Waals surface area (Å²) in [6.07, 6.45) is 3.40. The Hall–Kier alpha value is -2.35. The second-order valence-electron chi connectivity index (χ2n) is 3.42. The normalized spacial score (nSPS) is 9.75. The molecular formula is C11H11N5. The van der Waals surface area contributed by atoms with Crippen molar-refractivity contribution in [3.05, 3.63) is 41.5 Å². The van der Waals surface area contributed by atoms with Gasteiger partial charge in [0.2, 0.25) is 0 Å². The lowest BCUT2D eigenvalue weighted by Gasteiger charge is -2.05. The van der Waals surface area contributed by atoms with Crippen LogP contribution >= 0.6 is 0 Å². The summed E-state index contributed by atoms with van der Waals surface area (Å²) in [5.74, 6) is 0. The third-order valence-electron chi connectivity index (χ3n) is 2.29. The summed E-state index contributed by atoms with van der Waals surface area (Å²) in [6, 6.07) is 5.55. The van der Waals surface area contributed by atoms with E-state index in [4.69, 9.17) is 5.26 Å². The Kier molecular flexibility index (Phi) is 2.83. The van der Waals surface area contributed by atoms with Crippen molar-refractivity contribution in [2.24, 2.45) is 0 Å². The van der Waals surface area contributed by atoms with Gasteiger partial charge in [-0.3, -0.25) is 5.10 Å². The number of H-pyrrole nitrogens is 1. The number of pyridine rings is 1. The van der Waals surface area contributed by atoms with E-state index in [0.717, 1.165) is 16.9 Å². The fraction of sp³-hybridized carbons (Fsp3) is 0.182. The summed E-state index contributed by atoms with van der Waals surface area (Å²) in [5, 5.41) is 18.7. The SMILES string of the molecule is Cc1[nH]ncc1CNc1ccnc(C#N)c1. The van der Waals surface area contributed by atoms with E-state index < -0.39 is 0 Å². The van der Waals surface area contributed by atoms with Crippen molar-refractivity contribution in [2.45, 2.75) is 13.5 Å². The summed E-state index contributed by atoms with van der Waals surface area (Å²) in [5.41, 5.74) is 3.44. The molecule has 80 valence electrons. The van der Waals surface area contributed by atoms with E-state index in [2.05, 4.69) is 20.5 Å². The molecule has 0 saturated carbocycles. The van der Waals surface area contributed by atoms with Crippen molar-refractivity contribution in [1.82, 2.24) is 15.2 Å². The van der Waals surface area contributed by atoms with Gasteiger partial charge in [-0.05, 0) is 19.1 Å². The summed E-state index contributed by atoms with van der Waals surface area (Å²) in [4.78, 5) is 3.90. The fourth-order valence-corrected chi connectivity index (χ4v) is 1.35. The maximum absolute atomic E-state index is 8.70. The lowest BCUT2D eigenvalue weighted by Crippen LogP contribution is -2.00. The van der Waals surface area contributed by atoms with Gasteiger partial charge in [-0.15, -0.1) is 0 Å². The predicted molar refractivity (Wildman–Crippen MR) is 59.6 cm³/mol. The minimum absolute atomic E-state index is 0.411. The number of hydrogen-bond acceptors (Lipinski definition) is 4. The van der Waals surface area contributed by atoms with Gasteiger partial charge >= 0.3 is 0 Å². The average Bonchev–Trinajstić information content (AvgIpc) is 2.72. The first kappa shape index (κ1) is 10.2. The van der Waals surface area contributed by atoms with Crippen LogP contribution in [0.3, 0.4) is 0 Å². The molecule has 0 spiro atoms. The lowest BCUT2D eigenvalue weighted by molar-refractivity contribution is 1.04. The van der Waals surface area contributed by atoms with E-state index in [1.807, 2.05) is 19.1 Å². The number of anilines is 1. The molecule has 2 aromatic rings. The fourth-order valence-electron chi connectivity index (χ4n) is 1.35. The largest absolute Gasteiger partial charge is 0.381 e. The summed E-state index contributed by atoms with van der Waals surface area (Å²) in [6.45, 7) is 2.65. The molecule has 2 heterocycles. The van der Waals surface area contributed by atoms with E-state index in [9.17, 15) is 0 Å². The minimum atomic E-state index is 0.411. The highest BCUT2D eigenvalue weighted by molar-refractivity contribution is 5.46. The third-order valence-corrected chi connectivity index (χ3v) is 2.29. The molecule has 0 aliphatic carbocycles. The van der Waals surface area contributed by atoms with Crippen molar-refractivity contribution in [3.8, 4) is 6.07 Å². The van der Waals surface area contributed by atoms with Crippen LogP contribution in [0.4, 0.5) is 5.69 Å². The first-order chi connectivity index (χ1) is 7.79. The molecule has 0 aliphatic rings. The Balaban J connectivity index is 2.05. The number of rotatable bonds is 3. The average molecular weight is 213 g/mol. The second-order valence-corrected chi connectivity index (χ2v) is 3.42. The van der Waals surface area contributed by atoms with Gasteiger partial charge < -0.3 is 5.32 Å². The maximum Gasteiger partial charge on any atom is 0.142 e. The molecule has 0 bridgehead atoms. The standard InChI is InChI=1S/C11H11N5/c1-8-9(7-15-16-8)6-14-10-2-3-13-11(4-10)5-12/h2-4,7H,6H2,1H3,(H,13,14)(H,15,16). The minimum Gasteiger partial charge on any atom is -0.381 e. The highest BCUT2D eigenvalue weighted by Crippen LogP contribution is 2.10. The molecule has 0 aromatic carbocycles. The molecule has 5 nitrogen and oxygen atoms in total. The van der Waals surface area contributed by atoms with Gasteiger partial charge in [0.05, 0.1) is 6.20 Å². The van der Waals surface area contributed by atoms with Gasteiger partial charge in [0.1, 0.15) is 11.8 Å². The Labute approximate surface area is 93.1 Å². The van der Waals surface area contributed by atoms with E-state index in [1.165, 1.54) is 0 Å². The number of nitrogens with zero attached hydrogens (tertiary/aromatic N) is 3. The van der Waals surface area contributed by atoms with Crippen LogP contribution in [0.2, 0.25) is 0 Å². The van der Waals surface area contributed by atoms with Gasteiger partial charge in [-0.1, -0.05) is 0 Å². The first-order valence-corrected chi connectivity index (χ1v) is 4.88. The number of nitrogens with one attached hydrogen (secondary N) is 2. The van der Waals surface area contributed by atoms with E-state index >= 15 is 0 Å². The van der Waals surface area contributed by atoms with E-state index in [0.29, 0.717) is 12.2 Å². The smallest absolute Gasteiger partial charge is 0.142 e. The van der Waals surface area contributed by atoms with Crippen molar-refractivity contribution < 1.29 is 0 Å². The Morgan fingerprint density at radius 2 is 2.44 bits per heavy atom. The number of aromatic nitrogens is 3. The van der Waals surface area contributed by atoms with Crippen LogP contribution in [0.25, 0.3) is 0 Å². The third kappa shape index (κ3) is 2.17. The molecular weight excluding hydrogens is 202 g/mol. The highest BCUT2D eigenvalue weighted by Gasteiger charge is 2.00. The quantitative estimate of drug-likeness (QED) is 0.811. The monoisotopic (exact) mass is 213 g/mol. The van der Waals surface area contributed by atoms with Crippen LogP contribution in [-0.2, 0) is 6.54 Å². The molecule has 0 unspecified atom stereocenters. The summed E-state index contributed by atoms with van der Waals surface area (Å²) >= 11 is 0. The lowest BCUT2D eigenvalue weighted by atomic mass is 10.2. The molecule has 2 rings (SSSR count). The molecule has 16 heavy (non-hydrogen) atoms. The number of hydrogen-bond donors (Lipinski definition) is 2. The molecule has 0 fully saturated rings. The Morgan fingerprint density at radius 3 is 3.12 bits per heavy atom. The summed E-state index contributed by atoms with van der Waals surface area (Å²) < 4.78 is 0. The van der Waals surface area contributed by atoms with Crippen LogP contribution in [0.15, 0.2) is 24.5 Å². The number of nitriles is 1. The summed E-state index contributed by atoms with van der Waals surface area (Å²) in [7, 11) is 0. The zero-order valence-electron chi connectivity index (χ0n) is 8.86. The number of aromatic amines is 1. The van der Waals surface area contributed by atoms with Crippen molar-refractivity contribution >= 4 is 5.69 Å². The molecule has 0 saturated heterocycles. The van der Waals surface area contributed by atoms with Gasteiger partial charge in [-0.25, -0.2) is 4.98 Å². The molecule has 0 radical (unpaired) electrons. The van der Waals surface area contributed by atoms with E-state index in [1.54, 1.807) is 18.5 Å². The van der Waals surface area contributed by atoms with Gasteiger partial charge in [-0.2, -0.15) is 10.4 Å². The van der Waals surface area contributed by atoms with Crippen LogP contribution in [-0.4, -0.2) is 15.2 Å². The van der Waals surface area contributed by atoms with Crippen LogP contribution in [0, 0.1) is 18.3 Å². The first-order valence-electron chi connectivity index (χ1n) is 4.88. The molecule has 2 aromatic heterocycles. The van der Waals surface area contributed by atoms with Gasteiger partial charge in [0.25, 0.3) is 0 Å². The van der Waals surface area contributed by atoms with Crippen LogP contribution < -0.4 is 5.32 Å². The Morgan fingerprint density at radius 1 is 1.56 bits per heavy atom. The molecule has 0 aliphatic heterocycles. The molecule has 0 amide bonds. The Bertz CT molecular complexity index is 523. The molecule has 5 heteroatoms. The van der Waals surface area contributed by atoms with Crippen molar-refractivity contribution in [2.75, 3.05) is 5.32 Å². The zero-order valence-corrected chi connectivity index (χ0v) is 8.86. The maximum atomic E-state index is 8.70.